The highest BCUT2D eigenvalue weighted by atomic mass is 127. The minimum Gasteiger partial charge on any atom is -0.322 e. The molecule has 0 aliphatic rings. The minimum atomic E-state index is -0.0954. The molecule has 0 unspecified atom stereocenters. The van der Waals surface area contributed by atoms with Crippen LogP contribution in [0.2, 0.25) is 0 Å². The average molecular weight is 394 g/mol. The van der Waals surface area contributed by atoms with Gasteiger partial charge in [0.15, 0.2) is 0 Å². The van der Waals surface area contributed by atoms with Crippen molar-refractivity contribution in [1.82, 2.24) is 4.98 Å². The Labute approximate surface area is 134 Å². The number of rotatable bonds is 2. The van der Waals surface area contributed by atoms with E-state index in [-0.39, 0.29) is 5.91 Å². The molecule has 0 saturated heterocycles. The number of fused-ring (bicyclic) bond motifs is 1. The summed E-state index contributed by atoms with van der Waals surface area (Å²) in [5.41, 5.74) is 2.43. The summed E-state index contributed by atoms with van der Waals surface area (Å²) in [4.78, 5) is 16.5. The topological polar surface area (TPSA) is 42.0 Å². The van der Waals surface area contributed by atoms with E-state index >= 15 is 0 Å². The van der Waals surface area contributed by atoms with Gasteiger partial charge in [-0.1, -0.05) is 0 Å². The maximum absolute atomic E-state index is 12.1. The number of nitrogens with zero attached hydrogens (tertiary/aromatic N) is 1. The molecular formula is C15H11IN2OS. The van der Waals surface area contributed by atoms with Crippen molar-refractivity contribution in [3.8, 4) is 0 Å². The van der Waals surface area contributed by atoms with Crippen molar-refractivity contribution in [2.75, 3.05) is 5.32 Å². The fourth-order valence-electron chi connectivity index (χ4n) is 1.92. The van der Waals surface area contributed by atoms with Crippen LogP contribution in [0.15, 0.2) is 42.5 Å². The zero-order chi connectivity index (χ0) is 14.1. The first-order valence-corrected chi connectivity index (χ1v) is 7.95. The van der Waals surface area contributed by atoms with Gasteiger partial charge in [0.2, 0.25) is 0 Å². The van der Waals surface area contributed by atoms with E-state index in [9.17, 15) is 4.79 Å². The largest absolute Gasteiger partial charge is 0.322 e. The molecule has 5 heteroatoms. The van der Waals surface area contributed by atoms with E-state index in [2.05, 4.69) is 32.9 Å². The number of thiazole rings is 1. The zero-order valence-corrected chi connectivity index (χ0v) is 13.7. The molecule has 0 radical (unpaired) electrons. The van der Waals surface area contributed by atoms with E-state index in [1.807, 2.05) is 49.4 Å². The first-order chi connectivity index (χ1) is 9.61. The number of benzene rings is 2. The summed E-state index contributed by atoms with van der Waals surface area (Å²) >= 11 is 3.85. The number of anilines is 1. The van der Waals surface area contributed by atoms with Gasteiger partial charge >= 0.3 is 0 Å². The Balaban J connectivity index is 1.84. The van der Waals surface area contributed by atoms with Crippen LogP contribution in [-0.2, 0) is 0 Å². The zero-order valence-electron chi connectivity index (χ0n) is 10.7. The Bertz CT molecular complexity index is 780. The maximum atomic E-state index is 12.1. The summed E-state index contributed by atoms with van der Waals surface area (Å²) in [7, 11) is 0. The molecule has 3 aromatic rings. The molecule has 2 aromatic carbocycles. The second-order valence-corrected chi connectivity index (χ2v) is 6.86. The van der Waals surface area contributed by atoms with E-state index < -0.39 is 0 Å². The highest BCUT2D eigenvalue weighted by Gasteiger charge is 2.07. The molecule has 100 valence electrons. The standard InChI is InChI=1S/C15H11IN2OS/c1-9-17-13-7-6-12(8-14(13)20-9)18-15(19)10-2-4-11(16)5-3-10/h2-8H,1H3,(H,18,19). The van der Waals surface area contributed by atoms with Crippen LogP contribution in [0.1, 0.15) is 15.4 Å². The highest BCUT2D eigenvalue weighted by molar-refractivity contribution is 14.1. The fourth-order valence-corrected chi connectivity index (χ4v) is 3.15. The molecule has 3 rings (SSSR count). The number of carbonyl (C=O) groups excluding carboxylic acids is 1. The van der Waals surface area contributed by atoms with Crippen molar-refractivity contribution in [2.45, 2.75) is 6.92 Å². The summed E-state index contributed by atoms with van der Waals surface area (Å²) < 4.78 is 2.20. The lowest BCUT2D eigenvalue weighted by atomic mass is 10.2. The van der Waals surface area contributed by atoms with Crippen molar-refractivity contribution >= 4 is 55.7 Å². The van der Waals surface area contributed by atoms with E-state index in [1.165, 1.54) is 0 Å². The summed E-state index contributed by atoms with van der Waals surface area (Å²) in [6, 6.07) is 13.3. The number of halogens is 1. The molecule has 0 spiro atoms. The number of aryl methyl sites for hydroxylation is 1. The predicted molar refractivity (Wildman–Crippen MR) is 91.5 cm³/mol. The molecule has 1 amide bonds. The second-order valence-electron chi connectivity index (χ2n) is 4.38. The van der Waals surface area contributed by atoms with Crippen LogP contribution >= 0.6 is 33.9 Å². The van der Waals surface area contributed by atoms with Gasteiger partial charge in [-0.2, -0.15) is 0 Å². The van der Waals surface area contributed by atoms with Crippen molar-refractivity contribution < 1.29 is 4.79 Å². The van der Waals surface area contributed by atoms with Gasteiger partial charge in [0.05, 0.1) is 15.2 Å². The molecule has 3 nitrogen and oxygen atoms in total. The third kappa shape index (κ3) is 2.83. The van der Waals surface area contributed by atoms with Crippen molar-refractivity contribution in [1.29, 1.82) is 0 Å². The van der Waals surface area contributed by atoms with Gasteiger partial charge in [-0.25, -0.2) is 4.98 Å². The molecule has 0 aliphatic heterocycles. The van der Waals surface area contributed by atoms with Crippen molar-refractivity contribution in [3.05, 3.63) is 56.6 Å². The SMILES string of the molecule is Cc1nc2ccc(NC(=O)c3ccc(I)cc3)cc2s1. The van der Waals surface area contributed by atoms with Crippen LogP contribution in [0.25, 0.3) is 10.2 Å². The van der Waals surface area contributed by atoms with Crippen molar-refractivity contribution in [3.63, 3.8) is 0 Å². The van der Waals surface area contributed by atoms with Gasteiger partial charge in [-0.15, -0.1) is 11.3 Å². The van der Waals surface area contributed by atoms with Gasteiger partial charge < -0.3 is 5.32 Å². The molecule has 1 N–H and O–H groups in total. The van der Waals surface area contributed by atoms with Gasteiger partial charge in [-0.05, 0) is 72.0 Å². The van der Waals surface area contributed by atoms with Gasteiger partial charge in [0, 0.05) is 14.8 Å². The fraction of sp³-hybridized carbons (Fsp3) is 0.0667. The molecule has 1 aromatic heterocycles. The first-order valence-electron chi connectivity index (χ1n) is 6.06. The van der Waals surface area contributed by atoms with E-state index in [0.29, 0.717) is 5.56 Å². The van der Waals surface area contributed by atoms with Crippen LogP contribution in [0, 0.1) is 10.5 Å². The van der Waals surface area contributed by atoms with E-state index in [0.717, 1.165) is 24.5 Å². The van der Waals surface area contributed by atoms with Crippen LogP contribution < -0.4 is 5.32 Å². The second kappa shape index (κ2) is 5.49. The molecule has 1 heterocycles. The average Bonchev–Trinajstić information content (AvgIpc) is 2.78. The van der Waals surface area contributed by atoms with Gasteiger partial charge in [0.25, 0.3) is 5.91 Å². The van der Waals surface area contributed by atoms with Gasteiger partial charge in [0.1, 0.15) is 0 Å². The maximum Gasteiger partial charge on any atom is 0.255 e. The third-order valence-corrected chi connectivity index (χ3v) is 4.51. The normalized spacial score (nSPS) is 10.7. The monoisotopic (exact) mass is 394 g/mol. The Morgan fingerprint density at radius 3 is 2.70 bits per heavy atom. The predicted octanol–water partition coefficient (Wildman–Crippen LogP) is 4.46. The summed E-state index contributed by atoms with van der Waals surface area (Å²) in [5, 5.41) is 3.95. The molecule has 0 saturated carbocycles. The summed E-state index contributed by atoms with van der Waals surface area (Å²) in [6.45, 7) is 1.98. The lowest BCUT2D eigenvalue weighted by Gasteiger charge is -2.05. The Morgan fingerprint density at radius 2 is 1.95 bits per heavy atom. The summed E-state index contributed by atoms with van der Waals surface area (Å²) in [5.74, 6) is -0.0954. The van der Waals surface area contributed by atoms with Crippen LogP contribution in [0.4, 0.5) is 5.69 Å². The number of carbonyl (C=O) groups is 1. The third-order valence-electron chi connectivity index (χ3n) is 2.86. The molecular weight excluding hydrogens is 383 g/mol. The number of nitrogens with one attached hydrogen (secondary N) is 1. The highest BCUT2D eigenvalue weighted by Crippen LogP contribution is 2.25. The molecule has 0 bridgehead atoms. The lowest BCUT2D eigenvalue weighted by Crippen LogP contribution is -2.11. The molecule has 0 aliphatic carbocycles. The summed E-state index contributed by atoms with van der Waals surface area (Å²) in [6.07, 6.45) is 0. The Morgan fingerprint density at radius 1 is 1.20 bits per heavy atom. The number of amides is 1. The van der Waals surface area contributed by atoms with Crippen LogP contribution in [-0.4, -0.2) is 10.9 Å². The molecule has 20 heavy (non-hydrogen) atoms. The smallest absolute Gasteiger partial charge is 0.255 e. The van der Waals surface area contributed by atoms with Crippen LogP contribution in [0.3, 0.4) is 0 Å². The Hall–Kier alpha value is -1.47. The lowest BCUT2D eigenvalue weighted by molar-refractivity contribution is 0.102. The Kier molecular flexibility index (Phi) is 3.71. The first kappa shape index (κ1) is 13.5. The number of aromatic nitrogens is 1. The van der Waals surface area contributed by atoms with E-state index in [1.54, 1.807) is 11.3 Å². The van der Waals surface area contributed by atoms with Crippen LogP contribution in [0.5, 0.6) is 0 Å². The van der Waals surface area contributed by atoms with Crippen molar-refractivity contribution in [2.24, 2.45) is 0 Å². The minimum absolute atomic E-state index is 0.0954. The quantitative estimate of drug-likeness (QED) is 0.652. The molecule has 0 atom stereocenters. The number of hydrogen-bond donors (Lipinski definition) is 1. The number of hydrogen-bond acceptors (Lipinski definition) is 3. The van der Waals surface area contributed by atoms with E-state index in [4.69, 9.17) is 0 Å². The molecule has 0 fully saturated rings. The van der Waals surface area contributed by atoms with Gasteiger partial charge in [-0.3, -0.25) is 4.79 Å².